The quantitative estimate of drug-likeness (QED) is 0.314. The molecular weight excluding hydrogens is 529 g/mol. The number of hydrogen-bond acceptors (Lipinski definition) is 6. The molecule has 6 atom stereocenters. The van der Waals surface area contributed by atoms with Crippen molar-refractivity contribution in [2.24, 2.45) is 16.7 Å². The number of amides is 2. The van der Waals surface area contributed by atoms with Gasteiger partial charge in [-0.05, 0) is 67.3 Å². The van der Waals surface area contributed by atoms with E-state index in [2.05, 4.69) is 17.6 Å². The molecule has 9 heteroatoms. The summed E-state index contributed by atoms with van der Waals surface area (Å²) in [6.07, 6.45) is 1.34. The highest BCUT2D eigenvalue weighted by molar-refractivity contribution is 7.15. The number of rotatable bonds is 7. The average Bonchev–Trinajstić information content (AvgIpc) is 3.35. The maximum Gasteiger partial charge on any atom is 0.257 e. The Labute approximate surface area is 237 Å². The maximum atomic E-state index is 13.5. The number of anilines is 1. The Kier molecular flexibility index (Phi) is 7.83. The van der Waals surface area contributed by atoms with Crippen LogP contribution in [0.1, 0.15) is 78.5 Å². The molecule has 1 fully saturated rings. The van der Waals surface area contributed by atoms with Crippen LogP contribution >= 0.6 is 11.3 Å². The van der Waals surface area contributed by atoms with Gasteiger partial charge in [-0.25, -0.2) is 9.37 Å². The lowest BCUT2D eigenvalue weighted by Gasteiger charge is -2.58. The van der Waals surface area contributed by atoms with Gasteiger partial charge in [-0.3, -0.25) is 14.9 Å². The molecule has 0 radical (unpaired) electrons. The van der Waals surface area contributed by atoms with Crippen molar-refractivity contribution in [1.82, 2.24) is 10.3 Å². The monoisotopic (exact) mass is 565 g/mol. The third kappa shape index (κ3) is 5.18. The lowest BCUT2D eigenvalue weighted by atomic mass is 9.47. The zero-order chi connectivity index (χ0) is 28.7. The van der Waals surface area contributed by atoms with Gasteiger partial charge in [0.05, 0.1) is 24.4 Å². The van der Waals surface area contributed by atoms with Gasteiger partial charge < -0.3 is 15.5 Å². The van der Waals surface area contributed by atoms with E-state index in [0.29, 0.717) is 30.0 Å². The largest absolute Gasteiger partial charge is 0.396 e. The molecule has 40 heavy (non-hydrogen) atoms. The van der Waals surface area contributed by atoms with Crippen LogP contribution in [0.3, 0.4) is 0 Å². The molecule has 0 aliphatic heterocycles. The molecule has 3 aromatic rings. The number of aliphatic hydroxyl groups excluding tert-OH is 2. The van der Waals surface area contributed by atoms with Gasteiger partial charge in [-0.2, -0.15) is 0 Å². The summed E-state index contributed by atoms with van der Waals surface area (Å²) in [5.41, 5.74) is 0.980. The van der Waals surface area contributed by atoms with Crippen molar-refractivity contribution in [2.45, 2.75) is 64.5 Å². The summed E-state index contributed by atoms with van der Waals surface area (Å²) in [5, 5.41) is 27.8. The van der Waals surface area contributed by atoms with Crippen molar-refractivity contribution in [2.75, 3.05) is 11.9 Å². The van der Waals surface area contributed by atoms with E-state index >= 15 is 0 Å². The number of aromatic nitrogens is 1. The number of aliphatic hydroxyl groups is 2. The first kappa shape index (κ1) is 28.4. The van der Waals surface area contributed by atoms with Crippen LogP contribution in [0.25, 0.3) is 0 Å². The van der Waals surface area contributed by atoms with E-state index in [1.807, 2.05) is 44.2 Å². The Balaban J connectivity index is 1.46. The molecule has 0 bridgehead atoms. The molecule has 1 heterocycles. The first-order chi connectivity index (χ1) is 19.0. The van der Waals surface area contributed by atoms with Crippen LogP contribution in [-0.4, -0.2) is 39.7 Å². The van der Waals surface area contributed by atoms with Gasteiger partial charge in [0, 0.05) is 28.2 Å². The van der Waals surface area contributed by atoms with E-state index in [9.17, 15) is 24.2 Å². The smallest absolute Gasteiger partial charge is 0.257 e. The van der Waals surface area contributed by atoms with Crippen LogP contribution in [0, 0.1) is 22.6 Å². The zero-order valence-electron chi connectivity index (χ0n) is 23.0. The van der Waals surface area contributed by atoms with Crippen molar-refractivity contribution >= 4 is 28.3 Å². The van der Waals surface area contributed by atoms with Crippen molar-refractivity contribution in [3.63, 3.8) is 0 Å². The molecule has 2 aliphatic carbocycles. The minimum absolute atomic E-state index is 0.0910. The fourth-order valence-corrected chi connectivity index (χ4v) is 7.84. The predicted octanol–water partition coefficient (Wildman–Crippen LogP) is 5.22. The number of nitrogens with one attached hydrogen (secondary N) is 2. The Morgan fingerprint density at radius 1 is 1.15 bits per heavy atom. The molecule has 2 amide bonds. The van der Waals surface area contributed by atoms with Gasteiger partial charge in [0.15, 0.2) is 5.13 Å². The highest BCUT2D eigenvalue weighted by Gasteiger charge is 2.59. The maximum absolute atomic E-state index is 13.5. The first-order valence-corrected chi connectivity index (χ1v) is 14.6. The minimum Gasteiger partial charge on any atom is -0.396 e. The second kappa shape index (κ2) is 11.0. The summed E-state index contributed by atoms with van der Waals surface area (Å²) in [4.78, 5) is 32.1. The van der Waals surface area contributed by atoms with Crippen molar-refractivity contribution < 1.29 is 24.2 Å². The van der Waals surface area contributed by atoms with E-state index in [1.165, 1.54) is 35.6 Å². The molecule has 0 spiro atoms. The number of benzene rings is 2. The van der Waals surface area contributed by atoms with Gasteiger partial charge >= 0.3 is 0 Å². The summed E-state index contributed by atoms with van der Waals surface area (Å²) in [6.45, 7) is 5.86. The topological polar surface area (TPSA) is 112 Å². The van der Waals surface area contributed by atoms with Crippen molar-refractivity contribution in [3.8, 4) is 0 Å². The molecule has 212 valence electrons. The lowest BCUT2D eigenvalue weighted by molar-refractivity contribution is -0.144. The number of carbonyl (C=O) groups excluding carboxylic acids is 2. The number of thiazole rings is 1. The molecule has 7 nitrogen and oxygen atoms in total. The number of carbonyl (C=O) groups is 2. The summed E-state index contributed by atoms with van der Waals surface area (Å²) < 4.78 is 13.3. The SMILES string of the molecule is C[C@H](NC(=O)C[C@@H]1c2nc(NC(=O)c3ccc(F)cc3)sc2C[C@@H]2[C@](C)(CO)[C@H](O)CC[C@]21C)c1ccccc1. The second-order valence-electron chi connectivity index (χ2n) is 11.7. The van der Waals surface area contributed by atoms with Crippen molar-refractivity contribution in [1.29, 1.82) is 0 Å². The normalized spacial score (nSPS) is 28.2. The van der Waals surface area contributed by atoms with Crippen molar-refractivity contribution in [3.05, 3.63) is 82.1 Å². The van der Waals surface area contributed by atoms with E-state index in [4.69, 9.17) is 4.98 Å². The predicted molar refractivity (Wildman–Crippen MR) is 153 cm³/mol. The van der Waals surface area contributed by atoms with Gasteiger partial charge in [-0.1, -0.05) is 44.2 Å². The van der Waals surface area contributed by atoms with Crippen LogP contribution in [-0.2, 0) is 11.2 Å². The number of hydrogen-bond donors (Lipinski definition) is 4. The molecule has 1 aromatic heterocycles. The highest BCUT2D eigenvalue weighted by atomic mass is 32.1. The zero-order valence-corrected chi connectivity index (χ0v) is 23.8. The van der Waals surface area contributed by atoms with Gasteiger partial charge in [0.2, 0.25) is 5.91 Å². The molecule has 5 rings (SSSR count). The number of halogens is 1. The summed E-state index contributed by atoms with van der Waals surface area (Å²) in [6, 6.07) is 14.9. The molecule has 1 saturated carbocycles. The van der Waals surface area contributed by atoms with E-state index in [-0.39, 0.29) is 36.8 Å². The van der Waals surface area contributed by atoms with Crippen LogP contribution in [0.2, 0.25) is 0 Å². The number of fused-ring (bicyclic) bond motifs is 2. The number of nitrogens with zero attached hydrogens (tertiary/aromatic N) is 1. The molecule has 2 aliphatic rings. The Hall–Kier alpha value is -3.14. The van der Waals surface area contributed by atoms with E-state index < -0.39 is 28.7 Å². The summed E-state index contributed by atoms with van der Waals surface area (Å²) in [7, 11) is 0. The van der Waals surface area contributed by atoms with E-state index in [1.54, 1.807) is 0 Å². The van der Waals surface area contributed by atoms with Crippen LogP contribution < -0.4 is 10.6 Å². The fraction of sp³-hybridized carbons (Fsp3) is 0.452. The first-order valence-electron chi connectivity index (χ1n) is 13.7. The third-order valence-corrected chi connectivity index (χ3v) is 10.3. The van der Waals surface area contributed by atoms with Gasteiger partial charge in [-0.15, -0.1) is 11.3 Å². The van der Waals surface area contributed by atoms with Crippen LogP contribution in [0.15, 0.2) is 54.6 Å². The Morgan fingerprint density at radius 2 is 1.85 bits per heavy atom. The summed E-state index contributed by atoms with van der Waals surface area (Å²) >= 11 is 1.36. The molecule has 0 saturated heterocycles. The van der Waals surface area contributed by atoms with Gasteiger partial charge in [0.1, 0.15) is 5.82 Å². The molecule has 0 unspecified atom stereocenters. The summed E-state index contributed by atoms with van der Waals surface area (Å²) in [5.74, 6) is -1.27. The second-order valence-corrected chi connectivity index (χ2v) is 12.8. The third-order valence-electron chi connectivity index (χ3n) is 9.29. The fourth-order valence-electron chi connectivity index (χ4n) is 6.78. The van der Waals surface area contributed by atoms with Crippen LogP contribution in [0.5, 0.6) is 0 Å². The molecule has 2 aromatic carbocycles. The minimum atomic E-state index is -0.738. The lowest BCUT2D eigenvalue weighted by Crippen LogP contribution is -2.57. The van der Waals surface area contributed by atoms with Crippen LogP contribution in [0.4, 0.5) is 9.52 Å². The Bertz CT molecular complexity index is 1380. The average molecular weight is 566 g/mol. The highest BCUT2D eigenvalue weighted by Crippen LogP contribution is 2.62. The van der Waals surface area contributed by atoms with Gasteiger partial charge in [0.25, 0.3) is 5.91 Å². The molecular formula is C31H36FN3O4S. The van der Waals surface area contributed by atoms with E-state index in [0.717, 1.165) is 16.1 Å². The standard InChI is InChI=1S/C31H36FN3O4S/c1-18(19-7-5-4-6-8-19)33-26(38)15-22-27-23(16-24-30(22,2)14-13-25(37)31(24,3)17-36)40-29(34-27)35-28(39)20-9-11-21(32)12-10-20/h4-12,18,22,24-25,36-37H,13-17H2,1-3H3,(H,33,38)(H,34,35,39)/t18-,22+,24-,25+,30-,31-/m0/s1. The Morgan fingerprint density at radius 3 is 2.52 bits per heavy atom. The molecule has 4 N–H and O–H groups in total.